The number of rotatable bonds is 4. The number of nitrogens with zero attached hydrogens (tertiary/aromatic N) is 1. The van der Waals surface area contributed by atoms with Crippen molar-refractivity contribution in [2.45, 2.75) is 19.3 Å². The van der Waals surface area contributed by atoms with Crippen molar-refractivity contribution in [3.63, 3.8) is 0 Å². The molecule has 1 atom stereocenters. The second kappa shape index (κ2) is 6.74. The Morgan fingerprint density at radius 1 is 0.967 bits per heavy atom. The number of methoxy groups -OCH3 is 1. The molecule has 0 radical (unpaired) electrons. The van der Waals surface area contributed by atoms with Gasteiger partial charge in [-0.3, -0.25) is 0 Å². The lowest BCUT2D eigenvalue weighted by atomic mass is 9.90. The van der Waals surface area contributed by atoms with E-state index in [9.17, 15) is 8.42 Å². The van der Waals surface area contributed by atoms with Gasteiger partial charge in [-0.05, 0) is 59.4 Å². The highest BCUT2D eigenvalue weighted by Crippen LogP contribution is 2.50. The van der Waals surface area contributed by atoms with E-state index in [-0.39, 0.29) is 5.92 Å². The number of benzene rings is 3. The lowest BCUT2D eigenvalue weighted by Crippen LogP contribution is -2.13. The van der Waals surface area contributed by atoms with Crippen LogP contribution in [-0.4, -0.2) is 25.8 Å². The quantitative estimate of drug-likeness (QED) is 0.463. The normalized spacial score (nSPS) is 15.6. The number of hydrogen-bond donors (Lipinski definition) is 0. The van der Waals surface area contributed by atoms with E-state index in [1.807, 2.05) is 54.6 Å². The van der Waals surface area contributed by atoms with E-state index in [2.05, 4.69) is 19.1 Å². The summed E-state index contributed by atoms with van der Waals surface area (Å²) in [5.41, 5.74) is 7.16. The average molecular weight is 418 g/mol. The predicted octanol–water partition coefficient (Wildman–Crippen LogP) is 5.12. The fourth-order valence-corrected chi connectivity index (χ4v) is 5.84. The standard InChI is InChI=1S/C25H23NO3S/c1-16-9-14-22-23-20(16)15-21(17-10-12-19(29-2)13-11-17)24(23)25(26(22)30(3,27)28)18-7-5-4-6-8-18/h4-14,21H,15H2,1-3H3. The van der Waals surface area contributed by atoms with E-state index < -0.39 is 10.0 Å². The van der Waals surface area contributed by atoms with Gasteiger partial charge >= 0.3 is 0 Å². The Kier molecular flexibility index (Phi) is 4.26. The van der Waals surface area contributed by atoms with E-state index in [0.29, 0.717) is 0 Å². The second-order valence-electron chi connectivity index (χ2n) is 7.94. The van der Waals surface area contributed by atoms with Crippen molar-refractivity contribution in [2.24, 2.45) is 0 Å². The van der Waals surface area contributed by atoms with Crippen LogP contribution in [0.2, 0.25) is 0 Å². The molecule has 5 rings (SSSR count). The SMILES string of the molecule is COc1ccc(C2Cc3c(C)ccc4c3c2c(-c2ccccc2)n4S(C)(=O)=O)cc1. The number of aryl methyl sites for hydroxylation is 1. The second-order valence-corrected chi connectivity index (χ2v) is 9.77. The monoisotopic (exact) mass is 417 g/mol. The van der Waals surface area contributed by atoms with E-state index in [1.54, 1.807) is 7.11 Å². The van der Waals surface area contributed by atoms with Crippen molar-refractivity contribution >= 4 is 20.9 Å². The third-order valence-electron chi connectivity index (χ3n) is 6.13. The molecule has 0 saturated heterocycles. The summed E-state index contributed by atoms with van der Waals surface area (Å²) in [5.74, 6) is 0.903. The molecule has 4 aromatic rings. The summed E-state index contributed by atoms with van der Waals surface area (Å²) >= 11 is 0. The Morgan fingerprint density at radius 3 is 2.30 bits per heavy atom. The zero-order valence-corrected chi connectivity index (χ0v) is 18.0. The number of aromatic nitrogens is 1. The van der Waals surface area contributed by atoms with Gasteiger partial charge < -0.3 is 4.74 Å². The smallest absolute Gasteiger partial charge is 0.236 e. The lowest BCUT2D eigenvalue weighted by Gasteiger charge is -2.18. The third kappa shape index (κ3) is 2.76. The molecule has 0 N–H and O–H groups in total. The fourth-order valence-electron chi connectivity index (χ4n) is 4.80. The number of ether oxygens (including phenoxy) is 1. The van der Waals surface area contributed by atoms with Crippen LogP contribution in [0.3, 0.4) is 0 Å². The van der Waals surface area contributed by atoms with Crippen LogP contribution in [0.25, 0.3) is 22.2 Å². The van der Waals surface area contributed by atoms with Crippen molar-refractivity contribution in [2.75, 3.05) is 13.4 Å². The van der Waals surface area contributed by atoms with Gasteiger partial charge in [-0.15, -0.1) is 0 Å². The van der Waals surface area contributed by atoms with Crippen LogP contribution in [0.5, 0.6) is 5.75 Å². The highest BCUT2D eigenvalue weighted by atomic mass is 32.2. The summed E-state index contributed by atoms with van der Waals surface area (Å²) in [7, 11) is -1.84. The largest absolute Gasteiger partial charge is 0.497 e. The molecule has 3 aromatic carbocycles. The van der Waals surface area contributed by atoms with Gasteiger partial charge in [0.15, 0.2) is 0 Å². The van der Waals surface area contributed by atoms with Crippen molar-refractivity contribution in [1.29, 1.82) is 0 Å². The summed E-state index contributed by atoms with van der Waals surface area (Å²) in [6.07, 6.45) is 2.15. The molecule has 152 valence electrons. The van der Waals surface area contributed by atoms with E-state index in [1.165, 1.54) is 21.4 Å². The Hall–Kier alpha value is -3.05. The van der Waals surface area contributed by atoms with Gasteiger partial charge in [0.05, 0.1) is 24.6 Å². The first kappa shape index (κ1) is 18.9. The minimum atomic E-state index is -3.50. The van der Waals surface area contributed by atoms with Crippen LogP contribution in [0.15, 0.2) is 66.7 Å². The molecule has 0 amide bonds. The van der Waals surface area contributed by atoms with Gasteiger partial charge in [-0.2, -0.15) is 0 Å². The molecule has 1 aromatic heterocycles. The van der Waals surface area contributed by atoms with Crippen molar-refractivity contribution < 1.29 is 13.2 Å². The van der Waals surface area contributed by atoms with Gasteiger partial charge in [0, 0.05) is 11.3 Å². The van der Waals surface area contributed by atoms with Gasteiger partial charge in [0.2, 0.25) is 10.0 Å². The van der Waals surface area contributed by atoms with Gasteiger partial charge in [0.25, 0.3) is 0 Å². The minimum Gasteiger partial charge on any atom is -0.497 e. The first-order valence-electron chi connectivity index (χ1n) is 9.97. The van der Waals surface area contributed by atoms with Gasteiger partial charge in [-0.1, -0.05) is 48.5 Å². The summed E-state index contributed by atoms with van der Waals surface area (Å²) in [6, 6.07) is 21.9. The summed E-state index contributed by atoms with van der Waals surface area (Å²) < 4.78 is 32.8. The Morgan fingerprint density at radius 2 is 1.67 bits per heavy atom. The fraction of sp³-hybridized carbons (Fsp3) is 0.200. The molecule has 4 nitrogen and oxygen atoms in total. The average Bonchev–Trinajstić information content (AvgIpc) is 3.30. The minimum absolute atomic E-state index is 0.0905. The van der Waals surface area contributed by atoms with Crippen LogP contribution >= 0.6 is 0 Å². The number of hydrogen-bond acceptors (Lipinski definition) is 3. The maximum absolute atomic E-state index is 12.9. The van der Waals surface area contributed by atoms with Crippen molar-refractivity contribution in [3.05, 3.63) is 89.0 Å². The zero-order valence-electron chi connectivity index (χ0n) is 17.2. The maximum atomic E-state index is 12.9. The molecular formula is C25H23NO3S. The summed E-state index contributed by atoms with van der Waals surface area (Å²) in [6.45, 7) is 2.11. The molecule has 0 aliphatic heterocycles. The third-order valence-corrected chi connectivity index (χ3v) is 7.17. The molecule has 1 aliphatic carbocycles. The highest BCUT2D eigenvalue weighted by molar-refractivity contribution is 7.89. The van der Waals surface area contributed by atoms with Crippen LogP contribution in [0, 0.1) is 6.92 Å². The van der Waals surface area contributed by atoms with Crippen LogP contribution in [0.1, 0.15) is 28.2 Å². The van der Waals surface area contributed by atoms with Crippen LogP contribution in [0.4, 0.5) is 0 Å². The molecular weight excluding hydrogens is 394 g/mol. The van der Waals surface area contributed by atoms with E-state index in [4.69, 9.17) is 4.74 Å². The topological polar surface area (TPSA) is 48.3 Å². The summed E-state index contributed by atoms with van der Waals surface area (Å²) in [4.78, 5) is 0. The molecule has 5 heteroatoms. The molecule has 1 aliphatic rings. The van der Waals surface area contributed by atoms with Gasteiger partial charge in [-0.25, -0.2) is 12.4 Å². The Balaban J connectivity index is 1.89. The molecule has 0 bridgehead atoms. The van der Waals surface area contributed by atoms with E-state index in [0.717, 1.165) is 45.5 Å². The first-order valence-corrected chi connectivity index (χ1v) is 11.8. The van der Waals surface area contributed by atoms with Crippen LogP contribution < -0.4 is 4.74 Å². The molecule has 1 heterocycles. The Bertz CT molecular complexity index is 1370. The molecule has 0 fully saturated rings. The lowest BCUT2D eigenvalue weighted by molar-refractivity contribution is 0.414. The van der Waals surface area contributed by atoms with E-state index >= 15 is 0 Å². The first-order chi connectivity index (χ1) is 14.4. The molecule has 30 heavy (non-hydrogen) atoms. The highest BCUT2D eigenvalue weighted by Gasteiger charge is 2.35. The molecule has 1 unspecified atom stereocenters. The summed E-state index contributed by atoms with van der Waals surface area (Å²) in [5, 5.41) is 1.08. The van der Waals surface area contributed by atoms with Crippen molar-refractivity contribution in [1.82, 2.24) is 3.97 Å². The Labute approximate surface area is 176 Å². The predicted molar refractivity (Wildman–Crippen MR) is 121 cm³/mol. The zero-order chi connectivity index (χ0) is 21.0. The molecule has 0 spiro atoms. The van der Waals surface area contributed by atoms with Crippen molar-refractivity contribution in [3.8, 4) is 17.0 Å². The van der Waals surface area contributed by atoms with Crippen LogP contribution in [-0.2, 0) is 16.4 Å². The maximum Gasteiger partial charge on any atom is 0.236 e. The van der Waals surface area contributed by atoms with Gasteiger partial charge in [0.1, 0.15) is 5.75 Å². The molecule has 0 saturated carbocycles.